The van der Waals surface area contributed by atoms with Gasteiger partial charge in [0.2, 0.25) is 0 Å². The largest absolute Gasteiger partial charge is 0.315 e. The van der Waals surface area contributed by atoms with Gasteiger partial charge in [-0.3, -0.25) is 0 Å². The highest BCUT2D eigenvalue weighted by Gasteiger charge is 2.08. The summed E-state index contributed by atoms with van der Waals surface area (Å²) in [5.41, 5.74) is 2.30. The molecular weight excluding hydrogens is 284 g/mol. The topological polar surface area (TPSA) is 24.9 Å². The van der Waals surface area contributed by atoms with Crippen molar-refractivity contribution in [3.05, 3.63) is 39.3 Å². The third-order valence-electron chi connectivity index (χ3n) is 2.32. The molecule has 1 aromatic heterocycles. The van der Waals surface area contributed by atoms with Gasteiger partial charge in [0.1, 0.15) is 5.01 Å². The number of thiazole rings is 1. The van der Waals surface area contributed by atoms with Crippen molar-refractivity contribution in [1.82, 2.24) is 10.3 Å². The Bertz CT molecular complexity index is 476. The third kappa shape index (κ3) is 2.51. The molecule has 16 heavy (non-hydrogen) atoms. The predicted molar refractivity (Wildman–Crippen MR) is 72.8 cm³/mol. The van der Waals surface area contributed by atoms with Crippen LogP contribution in [0, 0.1) is 6.92 Å². The molecule has 0 aliphatic heterocycles. The molecule has 0 saturated heterocycles. The van der Waals surface area contributed by atoms with Crippen molar-refractivity contribution in [2.45, 2.75) is 13.5 Å². The molecule has 1 aromatic carbocycles. The molecule has 84 valence electrons. The minimum Gasteiger partial charge on any atom is -0.315 e. The van der Waals surface area contributed by atoms with E-state index < -0.39 is 0 Å². The second-order valence-corrected chi connectivity index (χ2v) is 5.56. The molecule has 1 heterocycles. The van der Waals surface area contributed by atoms with Crippen LogP contribution >= 0.6 is 27.3 Å². The van der Waals surface area contributed by atoms with Gasteiger partial charge in [-0.15, -0.1) is 11.3 Å². The standard InChI is InChI=1S/C12H13BrN2S/c1-8-11(7-14-2)16-12(15-8)9-3-5-10(13)6-4-9/h3-6,14H,7H2,1-2H3. The molecule has 0 amide bonds. The fraction of sp³-hybridized carbons (Fsp3) is 0.250. The van der Waals surface area contributed by atoms with E-state index in [0.29, 0.717) is 0 Å². The summed E-state index contributed by atoms with van der Waals surface area (Å²) < 4.78 is 1.10. The van der Waals surface area contributed by atoms with Gasteiger partial charge in [-0.2, -0.15) is 0 Å². The molecule has 0 atom stereocenters. The Hall–Kier alpha value is -0.710. The SMILES string of the molecule is CNCc1sc(-c2ccc(Br)cc2)nc1C. The summed E-state index contributed by atoms with van der Waals surface area (Å²) in [4.78, 5) is 5.90. The number of aromatic nitrogens is 1. The summed E-state index contributed by atoms with van der Waals surface area (Å²) in [6.07, 6.45) is 0. The average Bonchev–Trinajstić information content (AvgIpc) is 2.62. The lowest BCUT2D eigenvalue weighted by Crippen LogP contribution is -2.04. The van der Waals surface area contributed by atoms with Crippen LogP contribution in [0.1, 0.15) is 10.6 Å². The summed E-state index contributed by atoms with van der Waals surface area (Å²) in [6.45, 7) is 2.95. The maximum Gasteiger partial charge on any atom is 0.123 e. The molecule has 2 aromatic rings. The molecule has 4 heteroatoms. The summed E-state index contributed by atoms with van der Waals surface area (Å²) in [6, 6.07) is 8.27. The lowest BCUT2D eigenvalue weighted by Gasteiger charge is -1.95. The normalized spacial score (nSPS) is 10.7. The van der Waals surface area contributed by atoms with E-state index in [1.54, 1.807) is 11.3 Å². The van der Waals surface area contributed by atoms with Crippen LogP contribution in [-0.4, -0.2) is 12.0 Å². The van der Waals surface area contributed by atoms with E-state index >= 15 is 0 Å². The summed E-state index contributed by atoms with van der Waals surface area (Å²) in [7, 11) is 1.96. The second-order valence-electron chi connectivity index (χ2n) is 3.56. The number of hydrogen-bond acceptors (Lipinski definition) is 3. The Labute approximate surface area is 108 Å². The number of rotatable bonds is 3. The van der Waals surface area contributed by atoms with Crippen molar-refractivity contribution in [3.63, 3.8) is 0 Å². The number of nitrogens with one attached hydrogen (secondary N) is 1. The molecule has 0 saturated carbocycles. The molecule has 0 fully saturated rings. The van der Waals surface area contributed by atoms with Crippen molar-refractivity contribution >= 4 is 27.3 Å². The highest BCUT2D eigenvalue weighted by molar-refractivity contribution is 9.10. The average molecular weight is 297 g/mol. The van der Waals surface area contributed by atoms with Crippen molar-refractivity contribution in [2.75, 3.05) is 7.05 Å². The third-order valence-corrected chi connectivity index (χ3v) is 4.06. The van der Waals surface area contributed by atoms with Crippen molar-refractivity contribution in [2.24, 2.45) is 0 Å². The van der Waals surface area contributed by atoms with Gasteiger partial charge in [-0.1, -0.05) is 28.1 Å². The molecule has 0 aliphatic carbocycles. The monoisotopic (exact) mass is 296 g/mol. The first-order chi connectivity index (χ1) is 7.70. The van der Waals surface area contributed by atoms with E-state index in [1.807, 2.05) is 19.2 Å². The van der Waals surface area contributed by atoms with Crippen LogP contribution in [0.3, 0.4) is 0 Å². The Morgan fingerprint density at radius 3 is 2.62 bits per heavy atom. The van der Waals surface area contributed by atoms with Crippen LogP contribution in [0.25, 0.3) is 10.6 Å². The zero-order chi connectivity index (χ0) is 11.5. The molecule has 0 aliphatic rings. The van der Waals surface area contributed by atoms with E-state index in [0.717, 1.165) is 21.7 Å². The fourth-order valence-corrected chi connectivity index (χ4v) is 2.81. The maximum absolute atomic E-state index is 4.59. The van der Waals surface area contributed by atoms with Gasteiger partial charge >= 0.3 is 0 Å². The minimum absolute atomic E-state index is 0.889. The predicted octanol–water partition coefficient (Wildman–Crippen LogP) is 3.60. The number of hydrogen-bond donors (Lipinski definition) is 1. The van der Waals surface area contributed by atoms with E-state index in [4.69, 9.17) is 0 Å². The molecule has 0 unspecified atom stereocenters. The highest BCUT2D eigenvalue weighted by Crippen LogP contribution is 2.28. The Morgan fingerprint density at radius 1 is 1.31 bits per heavy atom. The molecule has 0 bridgehead atoms. The molecule has 0 spiro atoms. The number of nitrogens with zero attached hydrogens (tertiary/aromatic N) is 1. The quantitative estimate of drug-likeness (QED) is 0.936. The van der Waals surface area contributed by atoms with Gasteiger partial charge in [-0.05, 0) is 26.1 Å². The van der Waals surface area contributed by atoms with E-state index in [2.05, 4.69) is 45.3 Å². The zero-order valence-corrected chi connectivity index (χ0v) is 11.7. The van der Waals surface area contributed by atoms with Crippen molar-refractivity contribution in [1.29, 1.82) is 0 Å². The second kappa shape index (κ2) is 5.08. The lowest BCUT2D eigenvalue weighted by atomic mass is 10.2. The molecule has 0 radical (unpaired) electrons. The lowest BCUT2D eigenvalue weighted by molar-refractivity contribution is 0.823. The fourth-order valence-electron chi connectivity index (χ4n) is 1.47. The van der Waals surface area contributed by atoms with Crippen molar-refractivity contribution in [3.8, 4) is 10.6 Å². The Balaban J connectivity index is 2.33. The van der Waals surface area contributed by atoms with Crippen molar-refractivity contribution < 1.29 is 0 Å². The molecule has 2 rings (SSSR count). The van der Waals surface area contributed by atoms with Crippen LogP contribution in [0.2, 0.25) is 0 Å². The molecule has 2 nitrogen and oxygen atoms in total. The first-order valence-corrected chi connectivity index (χ1v) is 6.68. The smallest absolute Gasteiger partial charge is 0.123 e. The maximum atomic E-state index is 4.59. The Morgan fingerprint density at radius 2 is 2.00 bits per heavy atom. The van der Waals surface area contributed by atoms with Crippen LogP contribution < -0.4 is 5.32 Å². The van der Waals surface area contributed by atoms with Gasteiger partial charge in [0.25, 0.3) is 0 Å². The van der Waals surface area contributed by atoms with Crippen LogP contribution in [-0.2, 0) is 6.54 Å². The first-order valence-electron chi connectivity index (χ1n) is 5.07. The van der Waals surface area contributed by atoms with Gasteiger partial charge in [0, 0.05) is 21.5 Å². The number of halogens is 1. The Kier molecular flexibility index (Phi) is 3.74. The first kappa shape index (κ1) is 11.8. The van der Waals surface area contributed by atoms with Crippen LogP contribution in [0.5, 0.6) is 0 Å². The van der Waals surface area contributed by atoms with E-state index in [9.17, 15) is 0 Å². The van der Waals surface area contributed by atoms with E-state index in [-0.39, 0.29) is 0 Å². The van der Waals surface area contributed by atoms with Gasteiger partial charge < -0.3 is 5.32 Å². The zero-order valence-electron chi connectivity index (χ0n) is 9.25. The van der Waals surface area contributed by atoms with Crippen LogP contribution in [0.15, 0.2) is 28.7 Å². The van der Waals surface area contributed by atoms with E-state index in [1.165, 1.54) is 10.4 Å². The molecule has 1 N–H and O–H groups in total. The van der Waals surface area contributed by atoms with Gasteiger partial charge in [-0.25, -0.2) is 4.98 Å². The highest BCUT2D eigenvalue weighted by atomic mass is 79.9. The van der Waals surface area contributed by atoms with Gasteiger partial charge in [0.15, 0.2) is 0 Å². The number of aryl methyl sites for hydroxylation is 1. The molecular formula is C12H13BrN2S. The van der Waals surface area contributed by atoms with Crippen LogP contribution in [0.4, 0.5) is 0 Å². The summed E-state index contributed by atoms with van der Waals surface area (Å²) in [5.74, 6) is 0. The minimum atomic E-state index is 0.889. The summed E-state index contributed by atoms with van der Waals surface area (Å²) >= 11 is 5.19. The summed E-state index contributed by atoms with van der Waals surface area (Å²) in [5, 5.41) is 4.25. The number of benzene rings is 1. The van der Waals surface area contributed by atoms with Gasteiger partial charge in [0.05, 0.1) is 5.69 Å².